The fraction of sp³-hybridized carbons (Fsp3) is 0.391. The standard InChI is InChI=1S/C23H29Cl2N3O4S/c1-16(2)13-26-23(30)17(3)28(14-18-7-5-6-8-21(18)25)22(29)15-27(4)33(31,32)20-11-9-19(24)10-12-20/h5-12,16-17H,13-15H2,1-4H3,(H,26,30). The second-order valence-corrected chi connectivity index (χ2v) is 11.0. The van der Waals surface area contributed by atoms with Crippen LogP contribution in [-0.2, 0) is 26.2 Å². The smallest absolute Gasteiger partial charge is 0.243 e. The maximum absolute atomic E-state index is 13.3. The molecule has 0 aromatic heterocycles. The predicted molar refractivity (Wildman–Crippen MR) is 131 cm³/mol. The maximum atomic E-state index is 13.3. The van der Waals surface area contributed by atoms with E-state index in [0.717, 1.165) is 4.31 Å². The van der Waals surface area contributed by atoms with Gasteiger partial charge < -0.3 is 10.2 Å². The molecular formula is C23H29Cl2N3O4S. The van der Waals surface area contributed by atoms with E-state index in [1.807, 2.05) is 13.8 Å². The molecule has 0 saturated heterocycles. The molecule has 2 rings (SSSR count). The van der Waals surface area contributed by atoms with E-state index in [9.17, 15) is 18.0 Å². The van der Waals surface area contributed by atoms with Crippen molar-refractivity contribution in [1.29, 1.82) is 0 Å². The van der Waals surface area contributed by atoms with Crippen LogP contribution in [0.4, 0.5) is 0 Å². The zero-order valence-corrected chi connectivity index (χ0v) is 21.4. The summed E-state index contributed by atoms with van der Waals surface area (Å²) in [5.41, 5.74) is 0.652. The first kappa shape index (κ1) is 27.1. The average molecular weight is 514 g/mol. The van der Waals surface area contributed by atoms with Crippen molar-refractivity contribution in [1.82, 2.24) is 14.5 Å². The third-order valence-corrected chi connectivity index (χ3v) is 7.47. The average Bonchev–Trinajstić information content (AvgIpc) is 2.76. The molecule has 1 unspecified atom stereocenters. The second-order valence-electron chi connectivity index (χ2n) is 8.14. The van der Waals surface area contributed by atoms with Crippen LogP contribution in [0.15, 0.2) is 53.4 Å². The Morgan fingerprint density at radius 2 is 1.61 bits per heavy atom. The SMILES string of the molecule is CC(C)CNC(=O)C(C)N(Cc1ccccc1Cl)C(=O)CN(C)S(=O)(=O)c1ccc(Cl)cc1. The zero-order valence-electron chi connectivity index (χ0n) is 19.1. The molecule has 10 heteroatoms. The van der Waals surface area contributed by atoms with Gasteiger partial charge in [0.1, 0.15) is 6.04 Å². The first-order chi connectivity index (χ1) is 15.4. The van der Waals surface area contributed by atoms with Gasteiger partial charge in [-0.05, 0) is 48.7 Å². The molecule has 33 heavy (non-hydrogen) atoms. The van der Waals surface area contributed by atoms with Crippen molar-refractivity contribution < 1.29 is 18.0 Å². The third kappa shape index (κ3) is 7.43. The van der Waals surface area contributed by atoms with Crippen molar-refractivity contribution in [2.24, 2.45) is 5.92 Å². The van der Waals surface area contributed by atoms with Crippen LogP contribution in [0.2, 0.25) is 10.0 Å². The number of rotatable bonds is 10. The summed E-state index contributed by atoms with van der Waals surface area (Å²) < 4.78 is 26.8. The zero-order chi connectivity index (χ0) is 24.8. The fourth-order valence-corrected chi connectivity index (χ4v) is 4.44. The van der Waals surface area contributed by atoms with Crippen molar-refractivity contribution in [2.45, 2.75) is 38.3 Å². The molecule has 0 heterocycles. The fourth-order valence-electron chi connectivity index (χ4n) is 3.00. The van der Waals surface area contributed by atoms with E-state index in [4.69, 9.17) is 23.2 Å². The first-order valence-electron chi connectivity index (χ1n) is 10.5. The van der Waals surface area contributed by atoms with Crippen LogP contribution in [0.3, 0.4) is 0 Å². The lowest BCUT2D eigenvalue weighted by atomic mass is 10.1. The minimum Gasteiger partial charge on any atom is -0.354 e. The quantitative estimate of drug-likeness (QED) is 0.523. The molecule has 2 amide bonds. The lowest BCUT2D eigenvalue weighted by molar-refractivity contribution is -0.140. The number of hydrogen-bond acceptors (Lipinski definition) is 4. The van der Waals surface area contributed by atoms with Gasteiger partial charge in [0.2, 0.25) is 21.8 Å². The van der Waals surface area contributed by atoms with Gasteiger partial charge in [0.05, 0.1) is 11.4 Å². The van der Waals surface area contributed by atoms with Crippen LogP contribution >= 0.6 is 23.2 Å². The van der Waals surface area contributed by atoms with Crippen LogP contribution in [0.5, 0.6) is 0 Å². The number of likely N-dealkylation sites (N-methyl/N-ethyl adjacent to an activating group) is 1. The van der Waals surface area contributed by atoms with Gasteiger partial charge in [-0.3, -0.25) is 9.59 Å². The van der Waals surface area contributed by atoms with E-state index >= 15 is 0 Å². The molecule has 0 aliphatic heterocycles. The number of carbonyl (C=O) groups is 2. The summed E-state index contributed by atoms with van der Waals surface area (Å²) in [5.74, 6) is -0.612. The summed E-state index contributed by atoms with van der Waals surface area (Å²) in [6, 6.07) is 11.9. The number of halogens is 2. The Bertz CT molecular complexity index is 1080. The van der Waals surface area contributed by atoms with E-state index in [1.165, 1.54) is 36.2 Å². The van der Waals surface area contributed by atoms with Crippen LogP contribution < -0.4 is 5.32 Å². The van der Waals surface area contributed by atoms with Crippen molar-refractivity contribution in [3.05, 3.63) is 64.1 Å². The number of amides is 2. The Labute approximate surface area is 205 Å². The lowest BCUT2D eigenvalue weighted by Gasteiger charge is -2.30. The Kier molecular flexibility index (Phi) is 9.72. The third-order valence-electron chi connectivity index (χ3n) is 5.03. The van der Waals surface area contributed by atoms with Crippen molar-refractivity contribution in [2.75, 3.05) is 20.1 Å². The number of hydrogen-bond donors (Lipinski definition) is 1. The first-order valence-corrected chi connectivity index (χ1v) is 12.7. The minimum absolute atomic E-state index is 0.0163. The highest BCUT2D eigenvalue weighted by Crippen LogP contribution is 2.21. The maximum Gasteiger partial charge on any atom is 0.243 e. The van der Waals surface area contributed by atoms with Crippen molar-refractivity contribution >= 4 is 45.0 Å². The van der Waals surface area contributed by atoms with Gasteiger partial charge in [0.25, 0.3) is 0 Å². The highest BCUT2D eigenvalue weighted by atomic mass is 35.5. The summed E-state index contributed by atoms with van der Waals surface area (Å²) in [4.78, 5) is 27.3. The largest absolute Gasteiger partial charge is 0.354 e. The van der Waals surface area contributed by atoms with Gasteiger partial charge in [0.15, 0.2) is 0 Å². The number of nitrogens with one attached hydrogen (secondary N) is 1. The molecule has 2 aromatic rings. The molecule has 1 N–H and O–H groups in total. The van der Waals surface area contributed by atoms with Gasteiger partial charge in [0, 0.05) is 30.2 Å². The Morgan fingerprint density at radius 1 is 1.00 bits per heavy atom. The molecule has 0 fully saturated rings. The Hall–Kier alpha value is -2.13. The molecule has 1 atom stereocenters. The molecule has 0 aliphatic rings. The van der Waals surface area contributed by atoms with Crippen molar-refractivity contribution in [3.63, 3.8) is 0 Å². The molecule has 0 bridgehead atoms. The van der Waals surface area contributed by atoms with Gasteiger partial charge >= 0.3 is 0 Å². The topological polar surface area (TPSA) is 86.8 Å². The van der Waals surface area contributed by atoms with E-state index in [0.29, 0.717) is 22.2 Å². The van der Waals surface area contributed by atoms with E-state index in [-0.39, 0.29) is 23.3 Å². The van der Waals surface area contributed by atoms with Crippen molar-refractivity contribution in [3.8, 4) is 0 Å². The molecule has 180 valence electrons. The Morgan fingerprint density at radius 3 is 2.18 bits per heavy atom. The normalized spacial score (nSPS) is 12.6. The predicted octanol–water partition coefficient (Wildman–Crippen LogP) is 3.80. The summed E-state index contributed by atoms with van der Waals surface area (Å²) in [6.07, 6.45) is 0. The molecule has 7 nitrogen and oxygen atoms in total. The van der Waals surface area contributed by atoms with Crippen LogP contribution in [0.1, 0.15) is 26.3 Å². The molecule has 0 aliphatic carbocycles. The van der Waals surface area contributed by atoms with Crippen LogP contribution in [0, 0.1) is 5.92 Å². The monoisotopic (exact) mass is 513 g/mol. The minimum atomic E-state index is -3.93. The van der Waals surface area contributed by atoms with E-state index in [2.05, 4.69) is 5.32 Å². The van der Waals surface area contributed by atoms with Gasteiger partial charge in [-0.1, -0.05) is 55.2 Å². The Balaban J connectivity index is 2.27. The van der Waals surface area contributed by atoms with Gasteiger partial charge in [-0.25, -0.2) is 8.42 Å². The summed E-state index contributed by atoms with van der Waals surface area (Å²) in [7, 11) is -2.61. The lowest BCUT2D eigenvalue weighted by Crippen LogP contribution is -2.51. The second kappa shape index (κ2) is 11.8. The highest BCUT2D eigenvalue weighted by molar-refractivity contribution is 7.89. The van der Waals surface area contributed by atoms with Gasteiger partial charge in [-0.15, -0.1) is 0 Å². The molecule has 0 radical (unpaired) electrons. The molecule has 2 aromatic carbocycles. The summed E-state index contributed by atoms with van der Waals surface area (Å²) >= 11 is 12.1. The summed E-state index contributed by atoms with van der Waals surface area (Å²) in [5, 5.41) is 3.68. The molecule has 0 spiro atoms. The van der Waals surface area contributed by atoms with E-state index in [1.54, 1.807) is 31.2 Å². The van der Waals surface area contributed by atoms with Crippen LogP contribution in [0.25, 0.3) is 0 Å². The number of sulfonamides is 1. The highest BCUT2D eigenvalue weighted by Gasteiger charge is 2.30. The van der Waals surface area contributed by atoms with Crippen LogP contribution in [-0.4, -0.2) is 55.6 Å². The van der Waals surface area contributed by atoms with Gasteiger partial charge in [-0.2, -0.15) is 4.31 Å². The number of carbonyl (C=O) groups excluding carboxylic acids is 2. The van der Waals surface area contributed by atoms with E-state index < -0.39 is 28.5 Å². The molecular weight excluding hydrogens is 485 g/mol. The molecule has 0 saturated carbocycles. The number of benzene rings is 2. The summed E-state index contributed by atoms with van der Waals surface area (Å²) in [6.45, 7) is 5.61. The number of nitrogens with zero attached hydrogens (tertiary/aromatic N) is 2.